The number of benzene rings is 1. The van der Waals surface area contributed by atoms with Crippen LogP contribution in [0.25, 0.3) is 0 Å². The minimum absolute atomic E-state index is 0.148. The molecule has 0 aromatic heterocycles. The van der Waals surface area contributed by atoms with E-state index in [0.29, 0.717) is 0 Å². The summed E-state index contributed by atoms with van der Waals surface area (Å²) in [5.41, 5.74) is 2.70. The van der Waals surface area contributed by atoms with Gasteiger partial charge in [-0.3, -0.25) is 0 Å². The maximum Gasteiger partial charge on any atom is 0.127 e. The second kappa shape index (κ2) is 3.50. The molecule has 0 radical (unpaired) electrons. The highest BCUT2D eigenvalue weighted by Gasteiger charge is 2.26. The van der Waals surface area contributed by atoms with E-state index in [9.17, 15) is 0 Å². The van der Waals surface area contributed by atoms with E-state index < -0.39 is 0 Å². The molecular weight excluding hydrogens is 192 g/mol. The van der Waals surface area contributed by atoms with E-state index in [0.717, 1.165) is 18.8 Å². The predicted molar refractivity (Wildman–Crippen MR) is 62.2 cm³/mol. The summed E-state index contributed by atoms with van der Waals surface area (Å²) in [6.07, 6.45) is 3.21. The van der Waals surface area contributed by atoms with Gasteiger partial charge in [0.15, 0.2) is 0 Å². The van der Waals surface area contributed by atoms with Gasteiger partial charge in [-0.05, 0) is 25.7 Å². The highest BCUT2D eigenvalue weighted by molar-refractivity contribution is 7.99. The number of para-hydroxylation sites is 1. The molecule has 2 rings (SSSR count). The molecule has 0 bridgehead atoms. The SMILES string of the molecule is CSC(C)(C)c1cccc2c1OCC2. The number of ether oxygens (including phenoxy) is 1. The lowest BCUT2D eigenvalue weighted by atomic mass is 9.98. The summed E-state index contributed by atoms with van der Waals surface area (Å²) in [6, 6.07) is 6.49. The second-order valence-corrected chi connectivity index (χ2v) is 5.54. The monoisotopic (exact) mass is 208 g/mol. The Labute approximate surface area is 89.9 Å². The molecule has 0 atom stereocenters. The summed E-state index contributed by atoms with van der Waals surface area (Å²) >= 11 is 1.87. The van der Waals surface area contributed by atoms with Crippen molar-refractivity contribution in [1.82, 2.24) is 0 Å². The molecule has 0 saturated carbocycles. The Morgan fingerprint density at radius 3 is 2.86 bits per heavy atom. The van der Waals surface area contributed by atoms with Gasteiger partial charge in [0.2, 0.25) is 0 Å². The Morgan fingerprint density at radius 1 is 1.36 bits per heavy atom. The molecule has 1 aliphatic rings. The van der Waals surface area contributed by atoms with Crippen molar-refractivity contribution in [2.75, 3.05) is 12.9 Å². The third-order valence-electron chi connectivity index (χ3n) is 2.87. The highest BCUT2D eigenvalue weighted by Crippen LogP contribution is 2.42. The van der Waals surface area contributed by atoms with E-state index in [-0.39, 0.29) is 4.75 Å². The minimum Gasteiger partial charge on any atom is -0.493 e. The molecule has 0 unspecified atom stereocenters. The first-order valence-corrected chi connectivity index (χ1v) is 6.18. The molecule has 1 heterocycles. The maximum absolute atomic E-state index is 5.70. The number of hydrogen-bond acceptors (Lipinski definition) is 2. The largest absolute Gasteiger partial charge is 0.493 e. The van der Waals surface area contributed by atoms with Crippen molar-refractivity contribution in [3.63, 3.8) is 0 Å². The average molecular weight is 208 g/mol. The molecule has 0 fully saturated rings. The van der Waals surface area contributed by atoms with Gasteiger partial charge in [-0.2, -0.15) is 11.8 Å². The van der Waals surface area contributed by atoms with Crippen LogP contribution in [0.2, 0.25) is 0 Å². The van der Waals surface area contributed by atoms with Gasteiger partial charge in [0.25, 0.3) is 0 Å². The number of rotatable bonds is 2. The van der Waals surface area contributed by atoms with E-state index in [4.69, 9.17) is 4.74 Å². The van der Waals surface area contributed by atoms with Crippen molar-refractivity contribution in [2.24, 2.45) is 0 Å². The van der Waals surface area contributed by atoms with Gasteiger partial charge in [-0.25, -0.2) is 0 Å². The first-order valence-electron chi connectivity index (χ1n) is 4.95. The molecule has 1 aromatic carbocycles. The maximum atomic E-state index is 5.70. The molecule has 0 spiro atoms. The van der Waals surface area contributed by atoms with Gasteiger partial charge in [0.05, 0.1) is 6.61 Å². The fourth-order valence-electron chi connectivity index (χ4n) is 1.80. The zero-order chi connectivity index (χ0) is 10.2. The lowest BCUT2D eigenvalue weighted by Gasteiger charge is -2.24. The lowest BCUT2D eigenvalue weighted by Crippen LogP contribution is -2.12. The number of thioether (sulfide) groups is 1. The van der Waals surface area contributed by atoms with E-state index in [1.54, 1.807) is 0 Å². The van der Waals surface area contributed by atoms with Crippen molar-refractivity contribution in [3.8, 4) is 5.75 Å². The molecule has 0 aliphatic carbocycles. The van der Waals surface area contributed by atoms with Crippen LogP contribution in [0.1, 0.15) is 25.0 Å². The molecule has 0 N–H and O–H groups in total. The van der Waals surface area contributed by atoms with Gasteiger partial charge in [0, 0.05) is 16.7 Å². The fourth-order valence-corrected chi connectivity index (χ4v) is 2.18. The summed E-state index contributed by atoms with van der Waals surface area (Å²) in [5.74, 6) is 1.13. The number of hydrogen-bond donors (Lipinski definition) is 0. The molecular formula is C12H16OS. The van der Waals surface area contributed by atoms with Crippen molar-refractivity contribution in [1.29, 1.82) is 0 Å². The summed E-state index contributed by atoms with van der Waals surface area (Å²) < 4.78 is 5.85. The zero-order valence-electron chi connectivity index (χ0n) is 8.96. The van der Waals surface area contributed by atoms with Gasteiger partial charge >= 0.3 is 0 Å². The van der Waals surface area contributed by atoms with Crippen LogP contribution < -0.4 is 4.74 Å². The van der Waals surface area contributed by atoms with Gasteiger partial charge in [-0.15, -0.1) is 0 Å². The van der Waals surface area contributed by atoms with Crippen LogP contribution in [0.3, 0.4) is 0 Å². The van der Waals surface area contributed by atoms with E-state index in [1.165, 1.54) is 11.1 Å². The van der Waals surface area contributed by atoms with Crippen LogP contribution in [0.4, 0.5) is 0 Å². The topological polar surface area (TPSA) is 9.23 Å². The zero-order valence-corrected chi connectivity index (χ0v) is 9.78. The Morgan fingerprint density at radius 2 is 2.14 bits per heavy atom. The van der Waals surface area contributed by atoms with Crippen LogP contribution in [0.15, 0.2) is 18.2 Å². The van der Waals surface area contributed by atoms with Crippen LogP contribution in [0, 0.1) is 0 Å². The normalized spacial score (nSPS) is 15.1. The fraction of sp³-hybridized carbons (Fsp3) is 0.500. The Balaban J connectivity index is 2.49. The summed E-state index contributed by atoms with van der Waals surface area (Å²) in [4.78, 5) is 0. The van der Waals surface area contributed by atoms with Gasteiger partial charge in [-0.1, -0.05) is 18.2 Å². The third-order valence-corrected chi connectivity index (χ3v) is 4.11. The third kappa shape index (κ3) is 1.52. The summed E-state index contributed by atoms with van der Waals surface area (Å²) in [6.45, 7) is 5.33. The molecule has 2 heteroatoms. The molecule has 1 aromatic rings. The molecule has 0 saturated heterocycles. The summed E-state index contributed by atoms with van der Waals surface area (Å²) in [7, 11) is 0. The molecule has 1 aliphatic heterocycles. The van der Waals surface area contributed by atoms with Crippen LogP contribution >= 0.6 is 11.8 Å². The summed E-state index contributed by atoms with van der Waals surface area (Å²) in [5, 5.41) is 0. The number of fused-ring (bicyclic) bond motifs is 1. The first kappa shape index (κ1) is 9.91. The second-order valence-electron chi connectivity index (χ2n) is 4.11. The van der Waals surface area contributed by atoms with E-state index in [1.807, 2.05) is 11.8 Å². The van der Waals surface area contributed by atoms with E-state index in [2.05, 4.69) is 38.3 Å². The Hall–Kier alpha value is -0.630. The van der Waals surface area contributed by atoms with Crippen LogP contribution in [-0.2, 0) is 11.2 Å². The molecule has 76 valence electrons. The van der Waals surface area contributed by atoms with Crippen molar-refractivity contribution < 1.29 is 4.74 Å². The lowest BCUT2D eigenvalue weighted by molar-refractivity contribution is 0.351. The van der Waals surface area contributed by atoms with E-state index >= 15 is 0 Å². The quantitative estimate of drug-likeness (QED) is 0.738. The average Bonchev–Trinajstić information content (AvgIpc) is 2.64. The molecule has 1 nitrogen and oxygen atoms in total. The van der Waals surface area contributed by atoms with Crippen LogP contribution in [0.5, 0.6) is 5.75 Å². The highest BCUT2D eigenvalue weighted by atomic mass is 32.2. The van der Waals surface area contributed by atoms with Crippen molar-refractivity contribution >= 4 is 11.8 Å². The predicted octanol–water partition coefficient (Wildman–Crippen LogP) is 3.22. The van der Waals surface area contributed by atoms with Crippen LogP contribution in [-0.4, -0.2) is 12.9 Å². The van der Waals surface area contributed by atoms with Crippen molar-refractivity contribution in [3.05, 3.63) is 29.3 Å². The molecule has 14 heavy (non-hydrogen) atoms. The Bertz CT molecular complexity index is 344. The molecule has 0 amide bonds. The van der Waals surface area contributed by atoms with Crippen molar-refractivity contribution in [2.45, 2.75) is 25.0 Å². The first-order chi connectivity index (χ1) is 6.65. The smallest absolute Gasteiger partial charge is 0.127 e. The Kier molecular flexibility index (Phi) is 2.48. The standard InChI is InChI=1S/C12H16OS/c1-12(2,14-3)10-6-4-5-9-7-8-13-11(9)10/h4-6H,7-8H2,1-3H3. The van der Waals surface area contributed by atoms with Gasteiger partial charge in [0.1, 0.15) is 5.75 Å². The minimum atomic E-state index is 0.148. The van der Waals surface area contributed by atoms with Gasteiger partial charge < -0.3 is 4.74 Å².